The summed E-state index contributed by atoms with van der Waals surface area (Å²) in [5.41, 5.74) is 1.68. The summed E-state index contributed by atoms with van der Waals surface area (Å²) in [4.78, 5) is 38.7. The second kappa shape index (κ2) is 10.1. The topological polar surface area (TPSA) is 78.5 Å². The standard InChI is InChI=1S/C22H23BrClN3O3/c1-2-20(28)25-17-7-8-18(24)19(13-17)26-21(29)14-9-11-27(12-10-14)22(30)15-3-5-16(23)6-4-15/h3-8,13-14H,2,9-12H2,1H3,(H,25,28)(H,26,29). The van der Waals surface area contributed by atoms with Gasteiger partial charge in [0.05, 0.1) is 10.7 Å². The van der Waals surface area contributed by atoms with Crippen LogP contribution in [-0.4, -0.2) is 35.7 Å². The van der Waals surface area contributed by atoms with E-state index in [4.69, 9.17) is 11.6 Å². The molecule has 0 aromatic heterocycles. The number of carbonyl (C=O) groups is 3. The predicted molar refractivity (Wildman–Crippen MR) is 122 cm³/mol. The van der Waals surface area contributed by atoms with E-state index in [2.05, 4.69) is 26.6 Å². The molecule has 0 unspecified atom stereocenters. The number of likely N-dealkylation sites (tertiary alicyclic amines) is 1. The number of benzene rings is 2. The zero-order valence-electron chi connectivity index (χ0n) is 16.6. The van der Waals surface area contributed by atoms with Gasteiger partial charge in [-0.05, 0) is 55.3 Å². The molecule has 0 aliphatic carbocycles. The van der Waals surface area contributed by atoms with Gasteiger partial charge in [-0.15, -0.1) is 0 Å². The molecule has 158 valence electrons. The lowest BCUT2D eigenvalue weighted by Crippen LogP contribution is -2.41. The number of carbonyl (C=O) groups excluding carboxylic acids is 3. The van der Waals surface area contributed by atoms with Crippen LogP contribution < -0.4 is 10.6 Å². The highest BCUT2D eigenvalue weighted by molar-refractivity contribution is 9.10. The van der Waals surface area contributed by atoms with Crippen LogP contribution in [0.25, 0.3) is 0 Å². The van der Waals surface area contributed by atoms with Crippen molar-refractivity contribution in [2.75, 3.05) is 23.7 Å². The molecule has 6 nitrogen and oxygen atoms in total. The van der Waals surface area contributed by atoms with Crippen molar-refractivity contribution >= 4 is 56.6 Å². The molecule has 0 bridgehead atoms. The van der Waals surface area contributed by atoms with E-state index in [-0.39, 0.29) is 23.6 Å². The zero-order chi connectivity index (χ0) is 21.7. The SMILES string of the molecule is CCC(=O)Nc1ccc(Cl)c(NC(=O)C2CCN(C(=O)c3ccc(Br)cc3)CC2)c1. The van der Waals surface area contributed by atoms with Gasteiger partial charge in [-0.3, -0.25) is 14.4 Å². The maximum Gasteiger partial charge on any atom is 0.253 e. The van der Waals surface area contributed by atoms with E-state index in [1.54, 1.807) is 42.2 Å². The number of amides is 3. The Kier molecular flexibility index (Phi) is 7.50. The Balaban J connectivity index is 1.58. The molecule has 0 atom stereocenters. The van der Waals surface area contributed by atoms with Gasteiger partial charge in [-0.2, -0.15) is 0 Å². The van der Waals surface area contributed by atoms with E-state index in [0.29, 0.717) is 54.3 Å². The lowest BCUT2D eigenvalue weighted by Gasteiger charge is -2.31. The van der Waals surface area contributed by atoms with Crippen LogP contribution in [0, 0.1) is 5.92 Å². The molecule has 3 amide bonds. The van der Waals surface area contributed by atoms with Gasteiger partial charge in [0, 0.05) is 41.2 Å². The normalized spacial score (nSPS) is 14.3. The molecule has 0 saturated carbocycles. The minimum Gasteiger partial charge on any atom is -0.339 e. The number of hydrogen-bond donors (Lipinski definition) is 2. The molecule has 1 aliphatic rings. The number of halogens is 2. The number of hydrogen-bond acceptors (Lipinski definition) is 3. The summed E-state index contributed by atoms with van der Waals surface area (Å²) in [6.07, 6.45) is 1.53. The zero-order valence-corrected chi connectivity index (χ0v) is 18.9. The highest BCUT2D eigenvalue weighted by Crippen LogP contribution is 2.28. The molecule has 8 heteroatoms. The molecule has 0 radical (unpaired) electrons. The lowest BCUT2D eigenvalue weighted by molar-refractivity contribution is -0.121. The fraction of sp³-hybridized carbons (Fsp3) is 0.318. The van der Waals surface area contributed by atoms with Crippen molar-refractivity contribution in [3.8, 4) is 0 Å². The number of nitrogens with one attached hydrogen (secondary N) is 2. The van der Waals surface area contributed by atoms with Crippen LogP contribution in [0.15, 0.2) is 46.9 Å². The summed E-state index contributed by atoms with van der Waals surface area (Å²) in [6.45, 7) is 2.81. The third-order valence-electron chi connectivity index (χ3n) is 5.07. The number of nitrogens with zero attached hydrogens (tertiary/aromatic N) is 1. The van der Waals surface area contributed by atoms with Gasteiger partial charge in [0.1, 0.15) is 0 Å². The summed E-state index contributed by atoms with van der Waals surface area (Å²) < 4.78 is 0.923. The second-order valence-electron chi connectivity index (χ2n) is 7.16. The first-order chi connectivity index (χ1) is 14.4. The van der Waals surface area contributed by atoms with Gasteiger partial charge >= 0.3 is 0 Å². The Morgan fingerprint density at radius 1 is 1.07 bits per heavy atom. The molecular formula is C22H23BrClN3O3. The van der Waals surface area contributed by atoms with E-state index >= 15 is 0 Å². The largest absolute Gasteiger partial charge is 0.339 e. The van der Waals surface area contributed by atoms with Crippen molar-refractivity contribution < 1.29 is 14.4 Å². The van der Waals surface area contributed by atoms with Gasteiger partial charge in [0.15, 0.2) is 0 Å². The average molecular weight is 493 g/mol. The fourth-order valence-electron chi connectivity index (χ4n) is 3.30. The van der Waals surface area contributed by atoms with Crippen LogP contribution in [0.2, 0.25) is 5.02 Å². The van der Waals surface area contributed by atoms with Crippen molar-refractivity contribution in [2.45, 2.75) is 26.2 Å². The minimum absolute atomic E-state index is 0.0243. The second-order valence-corrected chi connectivity index (χ2v) is 8.48. The van der Waals surface area contributed by atoms with Crippen LogP contribution in [-0.2, 0) is 9.59 Å². The molecule has 2 aromatic rings. The predicted octanol–water partition coefficient (Wildman–Crippen LogP) is 4.94. The maximum absolute atomic E-state index is 12.7. The first-order valence-electron chi connectivity index (χ1n) is 9.82. The molecular weight excluding hydrogens is 470 g/mol. The Labute approximate surface area is 189 Å². The third kappa shape index (κ3) is 5.61. The van der Waals surface area contributed by atoms with E-state index in [9.17, 15) is 14.4 Å². The first kappa shape index (κ1) is 22.3. The molecule has 2 N–H and O–H groups in total. The van der Waals surface area contributed by atoms with Crippen molar-refractivity contribution in [3.63, 3.8) is 0 Å². The highest BCUT2D eigenvalue weighted by Gasteiger charge is 2.28. The number of rotatable bonds is 5. The van der Waals surface area contributed by atoms with Gasteiger partial charge < -0.3 is 15.5 Å². The molecule has 1 heterocycles. The van der Waals surface area contributed by atoms with Crippen molar-refractivity contribution in [1.82, 2.24) is 4.90 Å². The molecule has 1 fully saturated rings. The summed E-state index contributed by atoms with van der Waals surface area (Å²) in [5, 5.41) is 6.02. The molecule has 1 aliphatic heterocycles. The summed E-state index contributed by atoms with van der Waals surface area (Å²) in [7, 11) is 0. The Morgan fingerprint density at radius 2 is 1.73 bits per heavy atom. The highest BCUT2D eigenvalue weighted by atomic mass is 79.9. The summed E-state index contributed by atoms with van der Waals surface area (Å²) in [5.74, 6) is -0.475. The van der Waals surface area contributed by atoms with Gasteiger partial charge in [-0.1, -0.05) is 34.5 Å². The molecule has 3 rings (SSSR count). The van der Waals surface area contributed by atoms with E-state index in [0.717, 1.165) is 4.47 Å². The number of piperidine rings is 1. The van der Waals surface area contributed by atoms with Crippen LogP contribution in [0.5, 0.6) is 0 Å². The van der Waals surface area contributed by atoms with Crippen molar-refractivity contribution in [3.05, 3.63) is 57.5 Å². The molecule has 1 saturated heterocycles. The van der Waals surface area contributed by atoms with Gasteiger partial charge in [-0.25, -0.2) is 0 Å². The lowest BCUT2D eigenvalue weighted by atomic mass is 9.95. The van der Waals surface area contributed by atoms with Crippen LogP contribution in [0.4, 0.5) is 11.4 Å². The Hall–Kier alpha value is -2.38. The summed E-state index contributed by atoms with van der Waals surface area (Å²) >= 11 is 9.58. The van der Waals surface area contributed by atoms with E-state index in [1.807, 2.05) is 12.1 Å². The quantitative estimate of drug-likeness (QED) is 0.620. The van der Waals surface area contributed by atoms with Gasteiger partial charge in [0.2, 0.25) is 11.8 Å². The summed E-state index contributed by atoms with van der Waals surface area (Å²) in [6, 6.07) is 12.2. The smallest absolute Gasteiger partial charge is 0.253 e. The van der Waals surface area contributed by atoms with E-state index in [1.165, 1.54) is 0 Å². The van der Waals surface area contributed by atoms with Crippen molar-refractivity contribution in [2.24, 2.45) is 5.92 Å². The Morgan fingerprint density at radius 3 is 2.37 bits per heavy atom. The average Bonchev–Trinajstić information content (AvgIpc) is 2.76. The maximum atomic E-state index is 12.7. The molecule has 0 spiro atoms. The monoisotopic (exact) mass is 491 g/mol. The third-order valence-corrected chi connectivity index (χ3v) is 5.93. The molecule has 30 heavy (non-hydrogen) atoms. The van der Waals surface area contributed by atoms with Crippen LogP contribution >= 0.6 is 27.5 Å². The van der Waals surface area contributed by atoms with E-state index < -0.39 is 0 Å². The Bertz CT molecular complexity index is 941. The van der Waals surface area contributed by atoms with Crippen LogP contribution in [0.1, 0.15) is 36.5 Å². The minimum atomic E-state index is -0.205. The van der Waals surface area contributed by atoms with Gasteiger partial charge in [0.25, 0.3) is 5.91 Å². The van der Waals surface area contributed by atoms with Crippen LogP contribution in [0.3, 0.4) is 0 Å². The van der Waals surface area contributed by atoms with Crippen molar-refractivity contribution in [1.29, 1.82) is 0 Å². The number of anilines is 2. The fourth-order valence-corrected chi connectivity index (χ4v) is 3.73. The molecule has 2 aromatic carbocycles. The first-order valence-corrected chi connectivity index (χ1v) is 11.0.